The molecule has 2 atom stereocenters. The topological polar surface area (TPSA) is 89.7 Å². The van der Waals surface area contributed by atoms with Crippen molar-refractivity contribution in [3.63, 3.8) is 0 Å². The highest BCUT2D eigenvalue weighted by Gasteiger charge is 2.48. The highest BCUT2D eigenvalue weighted by Crippen LogP contribution is 2.40. The van der Waals surface area contributed by atoms with Gasteiger partial charge in [0.1, 0.15) is 17.1 Å². The van der Waals surface area contributed by atoms with E-state index in [1.54, 1.807) is 10.7 Å². The molecule has 31 heavy (non-hydrogen) atoms. The summed E-state index contributed by atoms with van der Waals surface area (Å²) in [6.45, 7) is 7.01. The fraction of sp³-hybridized carbons (Fsp3) is 0.435. The highest BCUT2D eigenvalue weighted by molar-refractivity contribution is 5.91. The third kappa shape index (κ3) is 3.70. The average molecular weight is 423 g/mol. The fourth-order valence-electron chi connectivity index (χ4n) is 4.36. The van der Waals surface area contributed by atoms with Crippen molar-refractivity contribution >= 4 is 22.4 Å². The van der Waals surface area contributed by atoms with Gasteiger partial charge in [0.15, 0.2) is 5.82 Å². The Hall–Kier alpha value is -3.18. The minimum atomic E-state index is -1.31. The number of alkyl halides is 1. The summed E-state index contributed by atoms with van der Waals surface area (Å²) in [5.74, 6) is 0.353. The van der Waals surface area contributed by atoms with Gasteiger partial charge in [-0.3, -0.25) is 14.4 Å². The fourth-order valence-corrected chi connectivity index (χ4v) is 4.36. The van der Waals surface area contributed by atoms with Gasteiger partial charge in [0.2, 0.25) is 0 Å². The van der Waals surface area contributed by atoms with Gasteiger partial charge >= 0.3 is 0 Å². The van der Waals surface area contributed by atoms with Gasteiger partial charge in [0.05, 0.1) is 18.0 Å². The molecule has 2 aromatic heterocycles. The lowest BCUT2D eigenvalue weighted by Gasteiger charge is -2.47. The zero-order chi connectivity index (χ0) is 22.2. The minimum Gasteiger partial charge on any atom is -0.338 e. The molecule has 1 aliphatic rings. The van der Waals surface area contributed by atoms with Gasteiger partial charge in [-0.15, -0.1) is 0 Å². The van der Waals surface area contributed by atoms with E-state index in [4.69, 9.17) is 0 Å². The number of hydrogen-bond acceptors (Lipinski definition) is 5. The van der Waals surface area contributed by atoms with Crippen molar-refractivity contribution in [3.8, 4) is 6.07 Å². The van der Waals surface area contributed by atoms with E-state index in [1.807, 2.05) is 30.3 Å². The van der Waals surface area contributed by atoms with Crippen LogP contribution in [0.4, 0.5) is 15.9 Å². The van der Waals surface area contributed by atoms with Crippen LogP contribution in [-0.4, -0.2) is 44.5 Å². The van der Waals surface area contributed by atoms with Crippen molar-refractivity contribution in [2.24, 2.45) is 0 Å². The summed E-state index contributed by atoms with van der Waals surface area (Å²) in [7, 11) is 0. The Kier molecular flexibility index (Phi) is 5.31. The standard InChI is InChI=1S/C23H27FN6O/c1-22(2,3)29-14-11-23(10-12-25,18(24)15-29)30-17-9-13-26-21(31)19(17)20(28-30)27-16-7-5-4-6-8-16/h4-9,13,18H,10-11,14-15H2,1-3H3,(H,26,31)(H,27,28). The molecule has 0 aliphatic carbocycles. The maximum absolute atomic E-state index is 15.9. The van der Waals surface area contributed by atoms with E-state index in [9.17, 15) is 10.1 Å². The molecule has 0 saturated carbocycles. The van der Waals surface area contributed by atoms with Crippen LogP contribution in [0.1, 0.15) is 33.6 Å². The summed E-state index contributed by atoms with van der Waals surface area (Å²) < 4.78 is 17.4. The number of aromatic nitrogens is 3. The van der Waals surface area contributed by atoms with Gasteiger partial charge in [-0.25, -0.2) is 4.39 Å². The van der Waals surface area contributed by atoms with E-state index in [0.717, 1.165) is 5.69 Å². The number of nitrogens with one attached hydrogen (secondary N) is 2. The number of anilines is 2. The normalized spacial score (nSPS) is 22.4. The molecule has 0 amide bonds. The van der Waals surface area contributed by atoms with Gasteiger partial charge in [-0.05, 0) is 45.4 Å². The molecule has 0 spiro atoms. The number of pyridine rings is 1. The van der Waals surface area contributed by atoms with E-state index >= 15 is 4.39 Å². The van der Waals surface area contributed by atoms with E-state index < -0.39 is 11.7 Å². The van der Waals surface area contributed by atoms with Gasteiger partial charge in [0.25, 0.3) is 5.56 Å². The predicted molar refractivity (Wildman–Crippen MR) is 119 cm³/mol. The van der Waals surface area contributed by atoms with Gasteiger partial charge < -0.3 is 10.3 Å². The molecule has 8 heteroatoms. The van der Waals surface area contributed by atoms with Gasteiger partial charge in [0, 0.05) is 30.5 Å². The zero-order valence-corrected chi connectivity index (χ0v) is 18.0. The van der Waals surface area contributed by atoms with Crippen LogP contribution >= 0.6 is 0 Å². The van der Waals surface area contributed by atoms with Crippen LogP contribution in [0.15, 0.2) is 47.4 Å². The van der Waals surface area contributed by atoms with E-state index in [2.05, 4.69) is 47.1 Å². The number of benzene rings is 1. The summed E-state index contributed by atoms with van der Waals surface area (Å²) in [6.07, 6.45) is 0.618. The predicted octanol–water partition coefficient (Wildman–Crippen LogP) is 3.92. The van der Waals surface area contributed by atoms with Crippen LogP contribution in [0.25, 0.3) is 10.9 Å². The molecule has 7 nitrogen and oxygen atoms in total. The number of hydrogen-bond donors (Lipinski definition) is 2. The molecule has 2 unspecified atom stereocenters. The Labute approximate surface area is 180 Å². The molecular formula is C23H27FN6O. The molecule has 0 radical (unpaired) electrons. The molecule has 3 heterocycles. The Bertz CT molecular complexity index is 1170. The smallest absolute Gasteiger partial charge is 0.261 e. The lowest BCUT2D eigenvalue weighted by Crippen LogP contribution is -2.59. The molecule has 2 N–H and O–H groups in total. The quantitative estimate of drug-likeness (QED) is 0.665. The van der Waals surface area contributed by atoms with Gasteiger partial charge in [-0.1, -0.05) is 18.2 Å². The second kappa shape index (κ2) is 7.82. The van der Waals surface area contributed by atoms with Crippen molar-refractivity contribution in [1.29, 1.82) is 5.26 Å². The van der Waals surface area contributed by atoms with Crippen molar-refractivity contribution in [2.45, 2.75) is 50.9 Å². The molecule has 0 bridgehead atoms. The lowest BCUT2D eigenvalue weighted by molar-refractivity contribution is -0.0221. The Balaban J connectivity index is 1.85. The maximum atomic E-state index is 15.9. The highest BCUT2D eigenvalue weighted by atomic mass is 19.1. The molecule has 1 saturated heterocycles. The first-order valence-corrected chi connectivity index (χ1v) is 10.5. The van der Waals surface area contributed by atoms with Gasteiger partial charge in [-0.2, -0.15) is 10.4 Å². The minimum absolute atomic E-state index is 0.0273. The summed E-state index contributed by atoms with van der Waals surface area (Å²) in [5.41, 5.74) is -0.335. The van der Waals surface area contributed by atoms with Crippen molar-refractivity contribution in [2.75, 3.05) is 18.4 Å². The monoisotopic (exact) mass is 422 g/mol. The molecule has 1 aromatic carbocycles. The number of aromatic amines is 1. The SMILES string of the molecule is CC(C)(C)N1CCC(CC#N)(n2nc(Nc3ccccc3)c3c(=O)[nH]ccc32)C(F)C1. The van der Waals surface area contributed by atoms with Crippen LogP contribution in [0.3, 0.4) is 0 Å². The molecular weight excluding hydrogens is 395 g/mol. The van der Waals surface area contributed by atoms with Crippen LogP contribution in [-0.2, 0) is 5.54 Å². The third-order valence-electron chi connectivity index (χ3n) is 6.17. The number of likely N-dealkylation sites (tertiary alicyclic amines) is 1. The van der Waals surface area contributed by atoms with Crippen molar-refractivity contribution in [1.82, 2.24) is 19.7 Å². The number of piperidine rings is 1. The first kappa shape index (κ1) is 21.1. The summed E-state index contributed by atoms with van der Waals surface area (Å²) in [6, 6.07) is 13.3. The Morgan fingerprint density at radius 1 is 1.32 bits per heavy atom. The van der Waals surface area contributed by atoms with Crippen LogP contribution in [0, 0.1) is 11.3 Å². The Morgan fingerprint density at radius 2 is 2.06 bits per heavy atom. The number of nitrogens with zero attached hydrogens (tertiary/aromatic N) is 4. The zero-order valence-electron chi connectivity index (χ0n) is 18.0. The van der Waals surface area contributed by atoms with E-state index in [1.165, 1.54) is 6.20 Å². The van der Waals surface area contributed by atoms with Crippen molar-refractivity contribution < 1.29 is 4.39 Å². The van der Waals surface area contributed by atoms with Crippen molar-refractivity contribution in [3.05, 3.63) is 52.9 Å². The molecule has 162 valence electrons. The first-order chi connectivity index (χ1) is 14.8. The van der Waals surface area contributed by atoms with E-state index in [0.29, 0.717) is 29.7 Å². The second-order valence-electron chi connectivity index (χ2n) is 9.09. The number of nitriles is 1. The number of H-pyrrole nitrogens is 1. The van der Waals surface area contributed by atoms with Crippen LogP contribution in [0.2, 0.25) is 0 Å². The number of fused-ring (bicyclic) bond motifs is 1. The second-order valence-corrected chi connectivity index (χ2v) is 9.09. The molecule has 3 aromatic rings. The lowest BCUT2D eigenvalue weighted by atomic mass is 9.81. The molecule has 1 aliphatic heterocycles. The Morgan fingerprint density at radius 3 is 2.71 bits per heavy atom. The maximum Gasteiger partial charge on any atom is 0.261 e. The largest absolute Gasteiger partial charge is 0.338 e. The van der Waals surface area contributed by atoms with E-state index in [-0.39, 0.29) is 24.1 Å². The van der Waals surface area contributed by atoms with Crippen LogP contribution < -0.4 is 10.9 Å². The summed E-state index contributed by atoms with van der Waals surface area (Å²) in [4.78, 5) is 17.5. The summed E-state index contributed by atoms with van der Waals surface area (Å²) >= 11 is 0. The number of halogens is 1. The van der Waals surface area contributed by atoms with Crippen LogP contribution in [0.5, 0.6) is 0 Å². The molecule has 1 fully saturated rings. The summed E-state index contributed by atoms with van der Waals surface area (Å²) in [5, 5.41) is 17.8. The average Bonchev–Trinajstić information content (AvgIpc) is 3.10. The molecule has 4 rings (SSSR count). The first-order valence-electron chi connectivity index (χ1n) is 10.5. The third-order valence-corrected chi connectivity index (χ3v) is 6.17. The number of para-hydroxylation sites is 1. The number of rotatable bonds is 4.